The minimum atomic E-state index is -3.99. The fourth-order valence-corrected chi connectivity index (χ4v) is 2.86. The molecule has 1 aromatic carbocycles. The predicted molar refractivity (Wildman–Crippen MR) is 71.9 cm³/mol. The van der Waals surface area contributed by atoms with Crippen LogP contribution >= 0.6 is 11.8 Å². The van der Waals surface area contributed by atoms with Crippen molar-refractivity contribution in [2.24, 2.45) is 5.14 Å². The van der Waals surface area contributed by atoms with Crippen LogP contribution in [0.25, 0.3) is 0 Å². The summed E-state index contributed by atoms with van der Waals surface area (Å²) in [6, 6.07) is 5.61. The van der Waals surface area contributed by atoms with E-state index in [1.807, 2.05) is 0 Å². The number of hydrogen-bond acceptors (Lipinski definition) is 6. The summed E-state index contributed by atoms with van der Waals surface area (Å²) in [5.41, 5.74) is 0.0154. The fourth-order valence-electron chi connectivity index (χ4n) is 1.49. The molecule has 1 rings (SSSR count). The number of aliphatic hydroxyl groups excluding tert-OH is 2. The maximum Gasteiger partial charge on any atom is 0.238 e. The van der Waals surface area contributed by atoms with E-state index in [2.05, 4.69) is 0 Å². The van der Waals surface area contributed by atoms with Crippen molar-refractivity contribution in [1.82, 2.24) is 0 Å². The molecule has 0 saturated heterocycles. The molecule has 0 bridgehead atoms. The van der Waals surface area contributed by atoms with E-state index in [0.717, 1.165) is 11.8 Å². The van der Waals surface area contributed by atoms with Crippen molar-refractivity contribution in [3.8, 4) is 0 Å². The zero-order valence-corrected chi connectivity index (χ0v) is 11.8. The Morgan fingerprint density at radius 1 is 1.37 bits per heavy atom. The van der Waals surface area contributed by atoms with Crippen LogP contribution in [0.3, 0.4) is 0 Å². The first-order valence-electron chi connectivity index (χ1n) is 5.34. The number of carbonyl (C=O) groups excluding carboxylic acids is 1. The Bertz CT molecular complexity index is 558. The molecule has 0 saturated carbocycles. The molecule has 0 spiro atoms. The smallest absolute Gasteiger partial charge is 0.238 e. The molecular formula is C11H15NO5S2. The summed E-state index contributed by atoms with van der Waals surface area (Å²) < 4.78 is 22.7. The molecule has 0 heterocycles. The van der Waals surface area contributed by atoms with Crippen molar-refractivity contribution in [3.05, 3.63) is 29.8 Å². The lowest BCUT2D eigenvalue weighted by atomic mass is 10.1. The maximum absolute atomic E-state index is 11.4. The second kappa shape index (κ2) is 6.49. The van der Waals surface area contributed by atoms with Crippen LogP contribution in [0.15, 0.2) is 29.2 Å². The molecule has 2 unspecified atom stereocenters. The van der Waals surface area contributed by atoms with Crippen molar-refractivity contribution in [1.29, 1.82) is 0 Å². The third-order valence-corrected chi connectivity index (χ3v) is 4.27. The van der Waals surface area contributed by atoms with Crippen molar-refractivity contribution in [2.45, 2.75) is 24.0 Å². The zero-order valence-electron chi connectivity index (χ0n) is 10.2. The van der Waals surface area contributed by atoms with E-state index in [9.17, 15) is 23.4 Å². The molecule has 0 aromatic heterocycles. The topological polar surface area (TPSA) is 118 Å². The van der Waals surface area contributed by atoms with Gasteiger partial charge >= 0.3 is 0 Å². The second-order valence-electron chi connectivity index (χ2n) is 3.90. The summed E-state index contributed by atoms with van der Waals surface area (Å²) in [7, 11) is -3.99. The third-order valence-electron chi connectivity index (χ3n) is 2.37. The normalized spacial score (nSPS) is 14.9. The second-order valence-corrected chi connectivity index (χ2v) is 6.62. The van der Waals surface area contributed by atoms with Crippen LogP contribution in [0, 0.1) is 0 Å². The SMILES string of the molecule is CC(=O)SCC(O)C(O)c1ccccc1S(N)(=O)=O. The number of primary sulfonamides is 1. The Hall–Kier alpha value is -0.930. The molecule has 0 aliphatic carbocycles. The number of rotatable bonds is 5. The van der Waals surface area contributed by atoms with Gasteiger partial charge in [0.05, 0.1) is 11.0 Å². The average molecular weight is 305 g/mol. The first-order chi connectivity index (χ1) is 8.73. The first kappa shape index (κ1) is 16.1. The van der Waals surface area contributed by atoms with E-state index < -0.39 is 22.2 Å². The highest BCUT2D eigenvalue weighted by atomic mass is 32.2. The van der Waals surface area contributed by atoms with Crippen molar-refractivity contribution < 1.29 is 23.4 Å². The van der Waals surface area contributed by atoms with Crippen LogP contribution < -0.4 is 5.14 Å². The van der Waals surface area contributed by atoms with E-state index in [1.165, 1.54) is 31.2 Å². The van der Waals surface area contributed by atoms with E-state index in [-0.39, 0.29) is 21.3 Å². The number of aliphatic hydroxyl groups is 2. The van der Waals surface area contributed by atoms with Crippen LogP contribution in [-0.4, -0.2) is 35.6 Å². The molecule has 4 N–H and O–H groups in total. The summed E-state index contributed by atoms with van der Waals surface area (Å²) in [4.78, 5) is 10.5. The van der Waals surface area contributed by atoms with Crippen molar-refractivity contribution in [2.75, 3.05) is 5.75 Å². The molecule has 0 aliphatic rings. The lowest BCUT2D eigenvalue weighted by Gasteiger charge is -2.19. The molecule has 19 heavy (non-hydrogen) atoms. The van der Waals surface area contributed by atoms with Gasteiger partial charge in [-0.3, -0.25) is 4.79 Å². The standard InChI is InChI=1S/C11H15NO5S2/c1-7(13)18-6-9(14)11(15)8-4-2-3-5-10(8)19(12,16)17/h2-5,9,11,14-15H,6H2,1H3,(H2,12,16,17). The fraction of sp³-hybridized carbons (Fsp3) is 0.364. The Kier molecular flexibility index (Phi) is 5.50. The van der Waals surface area contributed by atoms with Gasteiger partial charge in [-0.15, -0.1) is 0 Å². The van der Waals surface area contributed by atoms with Gasteiger partial charge in [-0.05, 0) is 6.07 Å². The maximum atomic E-state index is 11.4. The highest BCUT2D eigenvalue weighted by Gasteiger charge is 2.25. The van der Waals surface area contributed by atoms with Crippen LogP contribution in [0.1, 0.15) is 18.6 Å². The number of thioether (sulfide) groups is 1. The zero-order chi connectivity index (χ0) is 14.6. The number of sulfonamides is 1. The minimum absolute atomic E-state index is 0.0154. The van der Waals surface area contributed by atoms with Gasteiger partial charge < -0.3 is 10.2 Å². The molecule has 0 fully saturated rings. The summed E-state index contributed by atoms with van der Waals surface area (Å²) in [5, 5.41) is 24.5. The van der Waals surface area contributed by atoms with E-state index >= 15 is 0 Å². The number of nitrogens with two attached hydrogens (primary N) is 1. The molecule has 106 valence electrons. The molecule has 8 heteroatoms. The molecule has 1 aromatic rings. The Morgan fingerprint density at radius 3 is 2.47 bits per heavy atom. The molecular weight excluding hydrogens is 290 g/mol. The van der Waals surface area contributed by atoms with Crippen LogP contribution in [-0.2, 0) is 14.8 Å². The summed E-state index contributed by atoms with van der Waals surface area (Å²) in [6.45, 7) is 1.34. The predicted octanol–water partition coefficient (Wildman–Crippen LogP) is 0.00800. The Morgan fingerprint density at radius 2 is 1.95 bits per heavy atom. The van der Waals surface area contributed by atoms with Crippen LogP contribution in [0.2, 0.25) is 0 Å². The molecule has 0 amide bonds. The van der Waals surface area contributed by atoms with Gasteiger partial charge in [0.2, 0.25) is 10.0 Å². The summed E-state index contributed by atoms with van der Waals surface area (Å²) >= 11 is 0.846. The van der Waals surface area contributed by atoms with Gasteiger partial charge in [0.25, 0.3) is 0 Å². The van der Waals surface area contributed by atoms with Gasteiger partial charge in [-0.1, -0.05) is 30.0 Å². The molecule has 2 atom stereocenters. The quantitative estimate of drug-likeness (QED) is 0.705. The monoisotopic (exact) mass is 305 g/mol. The lowest BCUT2D eigenvalue weighted by Crippen LogP contribution is -2.24. The summed E-state index contributed by atoms with van der Waals surface area (Å²) in [5.74, 6) is -0.0323. The largest absolute Gasteiger partial charge is 0.389 e. The minimum Gasteiger partial charge on any atom is -0.389 e. The third kappa shape index (κ3) is 4.59. The molecule has 6 nitrogen and oxygen atoms in total. The van der Waals surface area contributed by atoms with Gasteiger partial charge in [0.1, 0.15) is 6.10 Å². The van der Waals surface area contributed by atoms with Crippen LogP contribution in [0.4, 0.5) is 0 Å². The van der Waals surface area contributed by atoms with Gasteiger partial charge in [-0.25, -0.2) is 13.6 Å². The first-order valence-corrected chi connectivity index (χ1v) is 7.88. The van der Waals surface area contributed by atoms with Gasteiger partial charge in [-0.2, -0.15) is 0 Å². The molecule has 0 aliphatic heterocycles. The van der Waals surface area contributed by atoms with Crippen molar-refractivity contribution >= 4 is 26.9 Å². The number of benzene rings is 1. The number of carbonyl (C=O) groups is 1. The summed E-state index contributed by atoms with van der Waals surface area (Å²) in [6.07, 6.45) is -2.70. The van der Waals surface area contributed by atoms with E-state index in [0.29, 0.717) is 0 Å². The average Bonchev–Trinajstić information content (AvgIpc) is 2.34. The Balaban J connectivity index is 3.00. The van der Waals surface area contributed by atoms with Crippen LogP contribution in [0.5, 0.6) is 0 Å². The molecule has 0 radical (unpaired) electrons. The van der Waals surface area contributed by atoms with Gasteiger partial charge in [0.15, 0.2) is 5.12 Å². The highest BCUT2D eigenvalue weighted by molar-refractivity contribution is 8.13. The van der Waals surface area contributed by atoms with Crippen molar-refractivity contribution in [3.63, 3.8) is 0 Å². The van der Waals surface area contributed by atoms with Gasteiger partial charge in [0, 0.05) is 18.2 Å². The number of hydrogen-bond donors (Lipinski definition) is 3. The highest BCUT2D eigenvalue weighted by Crippen LogP contribution is 2.25. The van der Waals surface area contributed by atoms with E-state index in [4.69, 9.17) is 5.14 Å². The lowest BCUT2D eigenvalue weighted by molar-refractivity contribution is -0.109. The Labute approximate surface area is 115 Å². The van der Waals surface area contributed by atoms with E-state index in [1.54, 1.807) is 0 Å².